The standard InChI is InChI=1S/C18H24N6.HI/c1-2-19-18(21-11-14-24-12-5-6-13-24)20-10-9-17-22-15-7-3-4-8-16(15)23-17;/h3-8,12-13H,2,9-11,14H2,1H3,(H,22,23)(H2,19,20,21);1H. The minimum absolute atomic E-state index is 0. The van der Waals surface area contributed by atoms with E-state index in [1.807, 2.05) is 36.4 Å². The lowest BCUT2D eigenvalue weighted by Crippen LogP contribution is -2.39. The minimum atomic E-state index is 0. The predicted molar refractivity (Wildman–Crippen MR) is 114 cm³/mol. The van der Waals surface area contributed by atoms with Gasteiger partial charge in [-0.05, 0) is 31.2 Å². The van der Waals surface area contributed by atoms with E-state index in [1.54, 1.807) is 0 Å². The first kappa shape index (κ1) is 19.3. The molecule has 3 rings (SSSR count). The van der Waals surface area contributed by atoms with Crippen molar-refractivity contribution in [3.8, 4) is 0 Å². The van der Waals surface area contributed by atoms with Crippen molar-refractivity contribution in [2.75, 3.05) is 19.6 Å². The maximum atomic E-state index is 4.62. The molecule has 0 amide bonds. The lowest BCUT2D eigenvalue weighted by Gasteiger charge is -2.11. The summed E-state index contributed by atoms with van der Waals surface area (Å²) in [6, 6.07) is 12.1. The van der Waals surface area contributed by atoms with E-state index in [1.165, 1.54) is 0 Å². The zero-order valence-corrected chi connectivity index (χ0v) is 16.7. The highest BCUT2D eigenvalue weighted by Gasteiger charge is 2.02. The summed E-state index contributed by atoms with van der Waals surface area (Å²) < 4.78 is 2.14. The van der Waals surface area contributed by atoms with E-state index in [0.29, 0.717) is 6.54 Å². The monoisotopic (exact) mass is 452 g/mol. The van der Waals surface area contributed by atoms with Crippen molar-refractivity contribution in [3.63, 3.8) is 0 Å². The lowest BCUT2D eigenvalue weighted by molar-refractivity contribution is 0.665. The Morgan fingerprint density at radius 1 is 1.16 bits per heavy atom. The predicted octanol–water partition coefficient (Wildman–Crippen LogP) is 2.78. The fraction of sp³-hybridized carbons (Fsp3) is 0.333. The van der Waals surface area contributed by atoms with Gasteiger partial charge in [0, 0.05) is 45.0 Å². The highest BCUT2D eigenvalue weighted by Crippen LogP contribution is 2.10. The van der Waals surface area contributed by atoms with Crippen LogP contribution in [0.1, 0.15) is 12.7 Å². The smallest absolute Gasteiger partial charge is 0.191 e. The number of rotatable bonds is 7. The van der Waals surface area contributed by atoms with Crippen molar-refractivity contribution in [2.24, 2.45) is 4.99 Å². The molecule has 6 nitrogen and oxygen atoms in total. The van der Waals surface area contributed by atoms with Crippen LogP contribution in [0.4, 0.5) is 0 Å². The summed E-state index contributed by atoms with van der Waals surface area (Å²) in [7, 11) is 0. The van der Waals surface area contributed by atoms with E-state index in [0.717, 1.165) is 48.9 Å². The van der Waals surface area contributed by atoms with Crippen LogP contribution in [0.2, 0.25) is 0 Å². The maximum absolute atomic E-state index is 4.62. The summed E-state index contributed by atoms with van der Waals surface area (Å²) in [6.45, 7) is 5.37. The second-order valence-corrected chi connectivity index (χ2v) is 5.56. The average molecular weight is 452 g/mol. The number of imidazole rings is 1. The topological polar surface area (TPSA) is 70.0 Å². The van der Waals surface area contributed by atoms with Crippen LogP contribution < -0.4 is 10.6 Å². The minimum Gasteiger partial charge on any atom is -0.357 e. The van der Waals surface area contributed by atoms with Gasteiger partial charge < -0.3 is 20.2 Å². The van der Waals surface area contributed by atoms with Crippen LogP contribution in [0.5, 0.6) is 0 Å². The Morgan fingerprint density at radius 2 is 1.96 bits per heavy atom. The molecule has 0 radical (unpaired) electrons. The second-order valence-electron chi connectivity index (χ2n) is 5.56. The van der Waals surface area contributed by atoms with Gasteiger partial charge in [-0.15, -0.1) is 24.0 Å². The number of hydrogen-bond donors (Lipinski definition) is 3. The molecule has 0 aliphatic carbocycles. The van der Waals surface area contributed by atoms with Crippen molar-refractivity contribution < 1.29 is 0 Å². The van der Waals surface area contributed by atoms with Gasteiger partial charge in [-0.25, -0.2) is 4.98 Å². The molecule has 0 unspecified atom stereocenters. The van der Waals surface area contributed by atoms with Crippen molar-refractivity contribution in [1.29, 1.82) is 0 Å². The number of hydrogen-bond acceptors (Lipinski definition) is 2. The van der Waals surface area contributed by atoms with E-state index < -0.39 is 0 Å². The molecule has 0 atom stereocenters. The van der Waals surface area contributed by atoms with Gasteiger partial charge in [-0.2, -0.15) is 0 Å². The van der Waals surface area contributed by atoms with Gasteiger partial charge in [0.05, 0.1) is 11.0 Å². The summed E-state index contributed by atoms with van der Waals surface area (Å²) >= 11 is 0. The Labute approximate surface area is 165 Å². The third kappa shape index (κ3) is 5.77. The maximum Gasteiger partial charge on any atom is 0.191 e. The molecular formula is C18H25IN6. The summed E-state index contributed by atoms with van der Waals surface area (Å²) in [4.78, 5) is 12.5. The van der Waals surface area contributed by atoms with Gasteiger partial charge in [-0.1, -0.05) is 12.1 Å². The summed E-state index contributed by atoms with van der Waals surface area (Å²) in [5.41, 5.74) is 2.08. The van der Waals surface area contributed by atoms with Gasteiger partial charge in [-0.3, -0.25) is 4.99 Å². The molecule has 0 saturated heterocycles. The SMILES string of the molecule is CCNC(=NCCc1nc2ccccc2[nH]1)NCCn1cccc1.I. The van der Waals surface area contributed by atoms with Crippen LogP contribution in [0.3, 0.4) is 0 Å². The molecule has 0 bridgehead atoms. The van der Waals surface area contributed by atoms with Crippen molar-refractivity contribution >= 4 is 41.0 Å². The van der Waals surface area contributed by atoms with Crippen molar-refractivity contribution in [2.45, 2.75) is 19.9 Å². The fourth-order valence-electron chi connectivity index (χ4n) is 2.56. The molecule has 2 heterocycles. The van der Waals surface area contributed by atoms with E-state index in [2.05, 4.69) is 49.5 Å². The summed E-state index contributed by atoms with van der Waals surface area (Å²) in [6.07, 6.45) is 4.92. The molecule has 0 aliphatic heterocycles. The molecule has 7 heteroatoms. The Morgan fingerprint density at radius 3 is 2.72 bits per heavy atom. The number of benzene rings is 1. The van der Waals surface area contributed by atoms with Gasteiger partial charge >= 0.3 is 0 Å². The number of aromatic amines is 1. The van der Waals surface area contributed by atoms with Crippen molar-refractivity contribution in [1.82, 2.24) is 25.2 Å². The number of aliphatic imine (C=N–C) groups is 1. The van der Waals surface area contributed by atoms with E-state index in [9.17, 15) is 0 Å². The highest BCUT2D eigenvalue weighted by molar-refractivity contribution is 14.0. The normalized spacial score (nSPS) is 11.3. The molecule has 2 aromatic heterocycles. The van der Waals surface area contributed by atoms with Crippen LogP contribution in [0.25, 0.3) is 11.0 Å². The highest BCUT2D eigenvalue weighted by atomic mass is 127. The molecule has 0 saturated carbocycles. The summed E-state index contributed by atoms with van der Waals surface area (Å²) in [5, 5.41) is 6.63. The van der Waals surface area contributed by atoms with Crippen LogP contribution in [0, 0.1) is 0 Å². The zero-order chi connectivity index (χ0) is 16.6. The van der Waals surface area contributed by atoms with E-state index >= 15 is 0 Å². The van der Waals surface area contributed by atoms with Gasteiger partial charge in [0.1, 0.15) is 5.82 Å². The molecule has 0 spiro atoms. The quantitative estimate of drug-likeness (QED) is 0.294. The number of aromatic nitrogens is 3. The third-order valence-electron chi connectivity index (χ3n) is 3.73. The molecule has 134 valence electrons. The van der Waals surface area contributed by atoms with Gasteiger partial charge in [0.15, 0.2) is 5.96 Å². The van der Waals surface area contributed by atoms with Crippen molar-refractivity contribution in [3.05, 3.63) is 54.6 Å². The molecule has 25 heavy (non-hydrogen) atoms. The van der Waals surface area contributed by atoms with Crippen LogP contribution in [-0.2, 0) is 13.0 Å². The third-order valence-corrected chi connectivity index (χ3v) is 3.73. The number of para-hydroxylation sites is 2. The Balaban J connectivity index is 0.00000225. The number of H-pyrrole nitrogens is 1. The second kappa shape index (κ2) is 10.1. The Kier molecular flexibility index (Phi) is 7.77. The van der Waals surface area contributed by atoms with Gasteiger partial charge in [0.25, 0.3) is 0 Å². The molecule has 3 N–H and O–H groups in total. The first-order chi connectivity index (χ1) is 11.8. The number of halogens is 1. The fourth-order valence-corrected chi connectivity index (χ4v) is 2.56. The van der Waals surface area contributed by atoms with Crippen LogP contribution in [0.15, 0.2) is 53.8 Å². The number of guanidine groups is 1. The van der Waals surface area contributed by atoms with Gasteiger partial charge in [0.2, 0.25) is 0 Å². The number of nitrogens with one attached hydrogen (secondary N) is 3. The number of nitrogens with zero attached hydrogens (tertiary/aromatic N) is 3. The number of fused-ring (bicyclic) bond motifs is 1. The van der Waals surface area contributed by atoms with Crippen LogP contribution in [-0.4, -0.2) is 40.1 Å². The van der Waals surface area contributed by atoms with Crippen LogP contribution >= 0.6 is 24.0 Å². The average Bonchev–Trinajstić information content (AvgIpc) is 3.23. The van der Waals surface area contributed by atoms with E-state index in [4.69, 9.17) is 0 Å². The molecule has 0 aliphatic rings. The largest absolute Gasteiger partial charge is 0.357 e. The van der Waals surface area contributed by atoms with E-state index in [-0.39, 0.29) is 24.0 Å². The Bertz CT molecular complexity index is 745. The first-order valence-corrected chi connectivity index (χ1v) is 8.41. The molecular weight excluding hydrogens is 427 g/mol. The molecule has 1 aromatic carbocycles. The lowest BCUT2D eigenvalue weighted by atomic mass is 10.3. The first-order valence-electron chi connectivity index (χ1n) is 8.41. The molecule has 3 aromatic rings. The Hall–Kier alpha value is -2.03. The molecule has 0 fully saturated rings. The summed E-state index contributed by atoms with van der Waals surface area (Å²) in [5.74, 6) is 1.82. The zero-order valence-electron chi connectivity index (χ0n) is 14.4.